The third-order valence-corrected chi connectivity index (χ3v) is 3.75. The molecule has 108 valence electrons. The smallest absolute Gasteiger partial charge is 0.125 e. The van der Waals surface area contributed by atoms with Gasteiger partial charge in [0.1, 0.15) is 11.9 Å². The lowest BCUT2D eigenvalue weighted by Crippen LogP contribution is -2.10. The second-order valence-electron chi connectivity index (χ2n) is 4.88. The molecular formula is C17H18N2O2. The van der Waals surface area contributed by atoms with Crippen LogP contribution in [-0.2, 0) is 6.54 Å². The number of methoxy groups -OCH3 is 1. The molecule has 0 aliphatic rings. The summed E-state index contributed by atoms with van der Waals surface area (Å²) in [5, 5.41) is 17.2. The van der Waals surface area contributed by atoms with Gasteiger partial charge in [-0.1, -0.05) is 30.3 Å². The lowest BCUT2D eigenvalue weighted by atomic mass is 9.97. The van der Waals surface area contributed by atoms with E-state index in [1.54, 1.807) is 18.0 Å². The maximum atomic E-state index is 10.9. The van der Waals surface area contributed by atoms with E-state index in [1.807, 2.05) is 49.4 Å². The number of aliphatic hydroxyl groups excluding tert-OH is 1. The molecule has 1 heterocycles. The van der Waals surface area contributed by atoms with Gasteiger partial charge in [0.15, 0.2) is 0 Å². The van der Waals surface area contributed by atoms with Crippen molar-refractivity contribution in [3.8, 4) is 5.75 Å². The van der Waals surface area contributed by atoms with Crippen molar-refractivity contribution < 1.29 is 9.84 Å². The van der Waals surface area contributed by atoms with Crippen LogP contribution in [0, 0.1) is 0 Å². The molecule has 1 N–H and O–H groups in total. The highest BCUT2D eigenvalue weighted by Gasteiger charge is 2.21. The van der Waals surface area contributed by atoms with Gasteiger partial charge in [-0.3, -0.25) is 4.68 Å². The normalized spacial score (nSPS) is 12.5. The molecule has 0 saturated carbocycles. The van der Waals surface area contributed by atoms with Gasteiger partial charge < -0.3 is 9.84 Å². The van der Waals surface area contributed by atoms with Crippen molar-refractivity contribution in [1.29, 1.82) is 0 Å². The third-order valence-electron chi connectivity index (χ3n) is 3.75. The van der Waals surface area contributed by atoms with Gasteiger partial charge in [0.25, 0.3) is 0 Å². The number of fused-ring (bicyclic) bond motifs is 1. The number of benzene rings is 2. The summed E-state index contributed by atoms with van der Waals surface area (Å²) in [7, 11) is 1.62. The number of hydrogen-bond acceptors (Lipinski definition) is 3. The zero-order chi connectivity index (χ0) is 14.8. The summed E-state index contributed by atoms with van der Waals surface area (Å²) in [5.74, 6) is 0.685. The SMILES string of the molecule is CCn1nccc1C(O)c1c(OC)ccc2ccccc12. The Morgan fingerprint density at radius 3 is 2.76 bits per heavy atom. The third kappa shape index (κ3) is 2.28. The van der Waals surface area contributed by atoms with E-state index in [0.717, 1.165) is 22.0 Å². The van der Waals surface area contributed by atoms with E-state index >= 15 is 0 Å². The summed E-state index contributed by atoms with van der Waals surface area (Å²) in [6, 6.07) is 13.7. The number of aryl methyl sites for hydroxylation is 1. The zero-order valence-corrected chi connectivity index (χ0v) is 12.2. The number of aliphatic hydroxyl groups is 1. The predicted molar refractivity (Wildman–Crippen MR) is 82.5 cm³/mol. The first-order valence-corrected chi connectivity index (χ1v) is 7.01. The minimum Gasteiger partial charge on any atom is -0.496 e. The Bertz CT molecular complexity index is 764. The molecule has 0 amide bonds. The largest absolute Gasteiger partial charge is 0.496 e. The molecule has 21 heavy (non-hydrogen) atoms. The van der Waals surface area contributed by atoms with Crippen molar-refractivity contribution in [3.63, 3.8) is 0 Å². The topological polar surface area (TPSA) is 47.3 Å². The maximum Gasteiger partial charge on any atom is 0.125 e. The van der Waals surface area contributed by atoms with Gasteiger partial charge >= 0.3 is 0 Å². The van der Waals surface area contributed by atoms with E-state index in [9.17, 15) is 5.11 Å². The summed E-state index contributed by atoms with van der Waals surface area (Å²) in [6.07, 6.45) is 0.938. The highest BCUT2D eigenvalue weighted by atomic mass is 16.5. The predicted octanol–water partition coefficient (Wildman–Crippen LogP) is 3.15. The van der Waals surface area contributed by atoms with Crippen molar-refractivity contribution in [1.82, 2.24) is 9.78 Å². The Morgan fingerprint density at radius 2 is 2.00 bits per heavy atom. The van der Waals surface area contributed by atoms with Crippen LogP contribution in [0.25, 0.3) is 10.8 Å². The molecule has 1 atom stereocenters. The molecule has 2 aromatic carbocycles. The van der Waals surface area contributed by atoms with Gasteiger partial charge in [0.05, 0.1) is 12.8 Å². The van der Waals surface area contributed by atoms with Crippen LogP contribution in [0.3, 0.4) is 0 Å². The molecule has 4 heteroatoms. The van der Waals surface area contributed by atoms with Crippen LogP contribution in [0.1, 0.15) is 24.3 Å². The van der Waals surface area contributed by atoms with Crippen LogP contribution in [0.2, 0.25) is 0 Å². The summed E-state index contributed by atoms with van der Waals surface area (Å²) in [4.78, 5) is 0. The van der Waals surface area contributed by atoms with Crippen LogP contribution in [0.5, 0.6) is 5.75 Å². The van der Waals surface area contributed by atoms with Crippen LogP contribution < -0.4 is 4.74 Å². The van der Waals surface area contributed by atoms with E-state index in [2.05, 4.69) is 5.10 Å². The van der Waals surface area contributed by atoms with Crippen molar-refractivity contribution in [3.05, 3.63) is 59.9 Å². The van der Waals surface area contributed by atoms with Gasteiger partial charge in [0, 0.05) is 18.3 Å². The molecule has 4 nitrogen and oxygen atoms in total. The molecule has 0 bridgehead atoms. The minimum atomic E-state index is -0.770. The van der Waals surface area contributed by atoms with Crippen molar-refractivity contribution in [2.45, 2.75) is 19.6 Å². The fourth-order valence-corrected chi connectivity index (χ4v) is 2.72. The number of hydrogen-bond donors (Lipinski definition) is 1. The van der Waals surface area contributed by atoms with E-state index in [4.69, 9.17) is 4.74 Å². The molecule has 3 aromatic rings. The molecular weight excluding hydrogens is 264 g/mol. The molecule has 0 saturated heterocycles. The fourth-order valence-electron chi connectivity index (χ4n) is 2.72. The molecule has 1 unspecified atom stereocenters. The molecule has 0 radical (unpaired) electrons. The Balaban J connectivity index is 2.22. The van der Waals surface area contributed by atoms with Crippen LogP contribution >= 0.6 is 0 Å². The van der Waals surface area contributed by atoms with Gasteiger partial charge in [-0.25, -0.2) is 0 Å². The standard InChI is InChI=1S/C17H18N2O2/c1-3-19-14(10-11-18-19)17(20)16-13-7-5-4-6-12(13)8-9-15(16)21-2/h4-11,17,20H,3H2,1-2H3. The number of rotatable bonds is 4. The molecule has 0 fully saturated rings. The van der Waals surface area contributed by atoms with E-state index in [1.165, 1.54) is 0 Å². The Kier molecular flexibility index (Phi) is 3.62. The molecule has 0 aliphatic carbocycles. The van der Waals surface area contributed by atoms with Crippen LogP contribution in [0.15, 0.2) is 48.7 Å². The monoisotopic (exact) mass is 282 g/mol. The van der Waals surface area contributed by atoms with Gasteiger partial charge in [-0.15, -0.1) is 0 Å². The molecule has 0 aliphatic heterocycles. The van der Waals surface area contributed by atoms with Gasteiger partial charge in [-0.05, 0) is 29.8 Å². The van der Waals surface area contributed by atoms with E-state index < -0.39 is 6.10 Å². The average Bonchev–Trinajstić information content (AvgIpc) is 3.01. The Labute approximate surface area is 123 Å². The number of nitrogens with zero attached hydrogens (tertiary/aromatic N) is 2. The number of ether oxygens (including phenoxy) is 1. The van der Waals surface area contributed by atoms with Crippen molar-refractivity contribution >= 4 is 10.8 Å². The minimum absolute atomic E-state index is 0.685. The highest BCUT2D eigenvalue weighted by molar-refractivity contribution is 5.88. The first kappa shape index (κ1) is 13.6. The Morgan fingerprint density at radius 1 is 1.19 bits per heavy atom. The second kappa shape index (κ2) is 5.58. The summed E-state index contributed by atoms with van der Waals surface area (Å²) < 4.78 is 7.25. The second-order valence-corrected chi connectivity index (χ2v) is 4.88. The summed E-state index contributed by atoms with van der Waals surface area (Å²) in [5.41, 5.74) is 1.55. The van der Waals surface area contributed by atoms with Crippen LogP contribution in [0.4, 0.5) is 0 Å². The first-order chi connectivity index (χ1) is 10.3. The highest BCUT2D eigenvalue weighted by Crippen LogP contribution is 2.36. The maximum absolute atomic E-state index is 10.9. The lowest BCUT2D eigenvalue weighted by Gasteiger charge is -2.18. The Hall–Kier alpha value is -2.33. The first-order valence-electron chi connectivity index (χ1n) is 7.01. The lowest BCUT2D eigenvalue weighted by molar-refractivity contribution is 0.204. The van der Waals surface area contributed by atoms with Crippen molar-refractivity contribution in [2.24, 2.45) is 0 Å². The molecule has 0 spiro atoms. The fraction of sp³-hybridized carbons (Fsp3) is 0.235. The van der Waals surface area contributed by atoms with E-state index in [0.29, 0.717) is 12.3 Å². The number of aromatic nitrogens is 2. The van der Waals surface area contributed by atoms with E-state index in [-0.39, 0.29) is 0 Å². The zero-order valence-electron chi connectivity index (χ0n) is 12.2. The van der Waals surface area contributed by atoms with Crippen LogP contribution in [-0.4, -0.2) is 22.0 Å². The van der Waals surface area contributed by atoms with Crippen molar-refractivity contribution in [2.75, 3.05) is 7.11 Å². The molecule has 1 aromatic heterocycles. The van der Waals surface area contributed by atoms with Gasteiger partial charge in [0.2, 0.25) is 0 Å². The average molecular weight is 282 g/mol. The summed E-state index contributed by atoms with van der Waals surface area (Å²) >= 11 is 0. The van der Waals surface area contributed by atoms with Gasteiger partial charge in [-0.2, -0.15) is 5.10 Å². The quantitative estimate of drug-likeness (QED) is 0.799. The summed E-state index contributed by atoms with van der Waals surface area (Å²) in [6.45, 7) is 2.72. The molecule has 3 rings (SSSR count).